The fourth-order valence-corrected chi connectivity index (χ4v) is 3.80. The van der Waals surface area contributed by atoms with Crippen LogP contribution in [-0.2, 0) is 11.2 Å². The largest absolute Gasteiger partial charge is 0.360 e. The number of nitrogens with one attached hydrogen (secondary N) is 2. The lowest BCUT2D eigenvalue weighted by atomic mass is 10.1. The Hall–Kier alpha value is -1.67. The molecule has 2 N–H and O–H groups in total. The highest BCUT2D eigenvalue weighted by atomic mass is 32.2. The molecule has 0 aliphatic heterocycles. The number of hydrogen-bond donors (Lipinski definition) is 2. The van der Waals surface area contributed by atoms with E-state index in [-0.39, 0.29) is 17.0 Å². The number of halogens is 1. The van der Waals surface area contributed by atoms with Crippen molar-refractivity contribution in [2.45, 2.75) is 29.9 Å². The van der Waals surface area contributed by atoms with Crippen molar-refractivity contribution in [3.63, 3.8) is 0 Å². The standard InChI is InChI=1S/C15H19FN4OS2/c1-3-17-14-19-20-15(23-14)22-10(2)13(21)18-9-8-11-4-6-12(16)7-5-11/h4-7,10H,3,8-9H2,1-2H3,(H,17,19)(H,18,21)/t10-/m0/s1. The van der Waals surface area contributed by atoms with E-state index in [9.17, 15) is 9.18 Å². The molecule has 0 spiro atoms. The fourth-order valence-electron chi connectivity index (χ4n) is 1.81. The number of rotatable bonds is 8. The number of benzene rings is 1. The minimum atomic E-state index is -0.253. The lowest BCUT2D eigenvalue weighted by Crippen LogP contribution is -2.32. The Morgan fingerprint density at radius 2 is 2.09 bits per heavy atom. The van der Waals surface area contributed by atoms with Crippen LogP contribution < -0.4 is 10.6 Å². The molecule has 0 bridgehead atoms. The maximum Gasteiger partial charge on any atom is 0.233 e. The number of hydrogen-bond acceptors (Lipinski definition) is 6. The zero-order valence-electron chi connectivity index (χ0n) is 13.0. The molecule has 2 rings (SSSR count). The van der Waals surface area contributed by atoms with Gasteiger partial charge >= 0.3 is 0 Å². The summed E-state index contributed by atoms with van der Waals surface area (Å²) in [7, 11) is 0. The quantitative estimate of drug-likeness (QED) is 0.714. The fraction of sp³-hybridized carbons (Fsp3) is 0.400. The summed E-state index contributed by atoms with van der Waals surface area (Å²) in [6, 6.07) is 6.30. The molecule has 2 aromatic rings. The Bertz CT molecular complexity index is 633. The third-order valence-corrected chi connectivity index (χ3v) is 5.07. The summed E-state index contributed by atoms with van der Waals surface area (Å²) in [5.41, 5.74) is 0.992. The van der Waals surface area contributed by atoms with Crippen molar-refractivity contribution >= 4 is 34.1 Å². The number of nitrogens with zero attached hydrogens (tertiary/aromatic N) is 2. The molecule has 1 aromatic carbocycles. The molecule has 0 unspecified atom stereocenters. The molecule has 0 fully saturated rings. The Balaban J connectivity index is 1.74. The first-order valence-electron chi connectivity index (χ1n) is 7.34. The summed E-state index contributed by atoms with van der Waals surface area (Å²) in [4.78, 5) is 12.1. The molecule has 0 saturated carbocycles. The highest BCUT2D eigenvalue weighted by molar-refractivity contribution is 8.02. The van der Waals surface area contributed by atoms with E-state index >= 15 is 0 Å². The average molecular weight is 354 g/mol. The molecular weight excluding hydrogens is 335 g/mol. The summed E-state index contributed by atoms with van der Waals surface area (Å²) in [5, 5.41) is 14.5. The smallest absolute Gasteiger partial charge is 0.233 e. The van der Waals surface area contributed by atoms with E-state index in [1.165, 1.54) is 35.2 Å². The van der Waals surface area contributed by atoms with Gasteiger partial charge in [0.2, 0.25) is 11.0 Å². The summed E-state index contributed by atoms with van der Waals surface area (Å²) < 4.78 is 13.6. The highest BCUT2D eigenvalue weighted by Gasteiger charge is 2.16. The molecule has 5 nitrogen and oxygen atoms in total. The van der Waals surface area contributed by atoms with Gasteiger partial charge in [-0.2, -0.15) is 0 Å². The van der Waals surface area contributed by atoms with Gasteiger partial charge in [0.05, 0.1) is 5.25 Å². The molecular formula is C15H19FN4OS2. The van der Waals surface area contributed by atoms with Gasteiger partial charge in [0.25, 0.3) is 0 Å². The maximum atomic E-state index is 12.8. The zero-order valence-corrected chi connectivity index (χ0v) is 14.6. The van der Waals surface area contributed by atoms with Crippen LogP contribution in [0.4, 0.5) is 9.52 Å². The first kappa shape index (κ1) is 17.7. The molecule has 23 heavy (non-hydrogen) atoms. The number of anilines is 1. The van der Waals surface area contributed by atoms with Crippen LogP contribution in [0.5, 0.6) is 0 Å². The van der Waals surface area contributed by atoms with E-state index in [0.29, 0.717) is 13.0 Å². The predicted molar refractivity (Wildman–Crippen MR) is 92.5 cm³/mol. The Morgan fingerprint density at radius 1 is 1.35 bits per heavy atom. The lowest BCUT2D eigenvalue weighted by molar-refractivity contribution is -0.120. The van der Waals surface area contributed by atoms with Crippen LogP contribution in [-0.4, -0.2) is 34.4 Å². The van der Waals surface area contributed by atoms with Crippen LogP contribution in [0, 0.1) is 5.82 Å². The van der Waals surface area contributed by atoms with E-state index in [1.807, 2.05) is 13.8 Å². The van der Waals surface area contributed by atoms with E-state index in [0.717, 1.165) is 21.6 Å². The van der Waals surface area contributed by atoms with Crippen molar-refractivity contribution in [1.29, 1.82) is 0 Å². The van der Waals surface area contributed by atoms with Gasteiger partial charge in [-0.3, -0.25) is 4.79 Å². The van der Waals surface area contributed by atoms with Crippen LogP contribution in [0.3, 0.4) is 0 Å². The molecule has 0 aliphatic carbocycles. The first-order valence-corrected chi connectivity index (χ1v) is 9.04. The summed E-state index contributed by atoms with van der Waals surface area (Å²) in [6.45, 7) is 5.14. The van der Waals surface area contributed by atoms with Crippen molar-refractivity contribution < 1.29 is 9.18 Å². The first-order chi connectivity index (χ1) is 11.1. The molecule has 1 atom stereocenters. The third-order valence-electron chi connectivity index (χ3n) is 3.01. The van der Waals surface area contributed by atoms with E-state index in [4.69, 9.17) is 0 Å². The van der Waals surface area contributed by atoms with Crippen molar-refractivity contribution in [2.75, 3.05) is 18.4 Å². The topological polar surface area (TPSA) is 66.9 Å². The number of aromatic nitrogens is 2. The minimum absolute atomic E-state index is 0.0442. The SMILES string of the molecule is CCNc1nnc(S[C@@H](C)C(=O)NCCc2ccc(F)cc2)s1. The summed E-state index contributed by atoms with van der Waals surface area (Å²) in [6.07, 6.45) is 0.673. The molecule has 0 saturated heterocycles. The van der Waals surface area contributed by atoms with Gasteiger partial charge in [-0.1, -0.05) is 35.2 Å². The highest BCUT2D eigenvalue weighted by Crippen LogP contribution is 2.28. The van der Waals surface area contributed by atoms with Gasteiger partial charge in [0.15, 0.2) is 4.34 Å². The Labute approximate surface area is 143 Å². The van der Waals surface area contributed by atoms with Crippen LogP contribution in [0.2, 0.25) is 0 Å². The van der Waals surface area contributed by atoms with Gasteiger partial charge in [0, 0.05) is 13.1 Å². The molecule has 1 aromatic heterocycles. The van der Waals surface area contributed by atoms with Gasteiger partial charge in [-0.25, -0.2) is 4.39 Å². The van der Waals surface area contributed by atoms with Gasteiger partial charge in [0.1, 0.15) is 5.82 Å². The van der Waals surface area contributed by atoms with Crippen LogP contribution in [0.25, 0.3) is 0 Å². The predicted octanol–water partition coefficient (Wildman–Crippen LogP) is 2.95. The molecule has 1 heterocycles. The van der Waals surface area contributed by atoms with E-state index in [1.54, 1.807) is 12.1 Å². The number of thioether (sulfide) groups is 1. The number of amides is 1. The van der Waals surface area contributed by atoms with Gasteiger partial charge < -0.3 is 10.6 Å². The Kier molecular flexibility index (Phi) is 6.79. The lowest BCUT2D eigenvalue weighted by Gasteiger charge is -2.10. The van der Waals surface area contributed by atoms with E-state index in [2.05, 4.69) is 20.8 Å². The van der Waals surface area contributed by atoms with Crippen molar-refractivity contribution in [3.05, 3.63) is 35.6 Å². The number of carbonyl (C=O) groups excluding carboxylic acids is 1. The second-order valence-corrected chi connectivity index (χ2v) is 7.40. The average Bonchev–Trinajstić information content (AvgIpc) is 2.96. The maximum absolute atomic E-state index is 12.8. The van der Waals surface area contributed by atoms with Gasteiger partial charge in [-0.15, -0.1) is 10.2 Å². The zero-order chi connectivity index (χ0) is 16.7. The van der Waals surface area contributed by atoms with Crippen molar-refractivity contribution in [2.24, 2.45) is 0 Å². The normalized spacial score (nSPS) is 12.0. The second-order valence-electron chi connectivity index (χ2n) is 4.83. The Morgan fingerprint density at radius 3 is 2.78 bits per heavy atom. The second kappa shape index (κ2) is 8.83. The minimum Gasteiger partial charge on any atom is -0.360 e. The van der Waals surface area contributed by atoms with Crippen LogP contribution >= 0.6 is 23.1 Å². The van der Waals surface area contributed by atoms with E-state index < -0.39 is 0 Å². The monoisotopic (exact) mass is 354 g/mol. The van der Waals surface area contributed by atoms with Crippen LogP contribution in [0.15, 0.2) is 28.6 Å². The molecule has 124 valence electrons. The third kappa shape index (κ3) is 5.80. The molecule has 8 heteroatoms. The van der Waals surface area contributed by atoms with Crippen molar-refractivity contribution in [1.82, 2.24) is 15.5 Å². The van der Waals surface area contributed by atoms with Crippen molar-refractivity contribution in [3.8, 4) is 0 Å². The molecule has 1 amide bonds. The van der Waals surface area contributed by atoms with Gasteiger partial charge in [-0.05, 0) is 38.0 Å². The molecule has 0 radical (unpaired) electrons. The van der Waals surface area contributed by atoms with Crippen LogP contribution in [0.1, 0.15) is 19.4 Å². The summed E-state index contributed by atoms with van der Waals surface area (Å²) in [5.74, 6) is -0.297. The molecule has 0 aliphatic rings. The number of carbonyl (C=O) groups is 1. The summed E-state index contributed by atoms with van der Waals surface area (Å²) >= 11 is 2.83.